The molecule has 1 heterocycles. The molecule has 0 spiro atoms. The number of benzene rings is 1. The average molecular weight is 248 g/mol. The van der Waals surface area contributed by atoms with E-state index in [4.69, 9.17) is 0 Å². The molecule has 18 heavy (non-hydrogen) atoms. The van der Waals surface area contributed by atoms with Gasteiger partial charge in [-0.25, -0.2) is 13.8 Å². The zero-order valence-corrected chi connectivity index (χ0v) is 10.3. The first-order chi connectivity index (χ1) is 8.63. The number of hydrogen-bond donors (Lipinski definition) is 1. The van der Waals surface area contributed by atoms with Crippen LogP contribution in [0.5, 0.6) is 0 Å². The molecule has 1 aromatic carbocycles. The van der Waals surface area contributed by atoms with Crippen LogP contribution in [-0.4, -0.2) is 11.5 Å². The minimum atomic E-state index is -0.598. The van der Waals surface area contributed by atoms with Crippen molar-refractivity contribution in [3.05, 3.63) is 47.5 Å². The first kappa shape index (κ1) is 12.5. The van der Waals surface area contributed by atoms with Crippen LogP contribution in [0.3, 0.4) is 0 Å². The molecule has 2 nitrogen and oxygen atoms in total. The molecule has 0 atom stereocenters. The number of hydrogen-bond acceptors (Lipinski definition) is 2. The lowest BCUT2D eigenvalue weighted by atomic mass is 10.1. The number of halogens is 2. The molecule has 2 aromatic rings. The number of aromatic nitrogens is 1. The molecule has 0 amide bonds. The maximum absolute atomic E-state index is 14.0. The second kappa shape index (κ2) is 5.12. The Morgan fingerprint density at radius 2 is 1.94 bits per heavy atom. The maximum Gasteiger partial charge on any atom is 0.138 e. The summed E-state index contributed by atoms with van der Waals surface area (Å²) in [4.78, 5) is 4.20. The fourth-order valence-corrected chi connectivity index (χ4v) is 1.74. The van der Waals surface area contributed by atoms with Crippen molar-refractivity contribution in [2.45, 2.75) is 13.8 Å². The standard InChI is InChI=1S/C14H14F2N2/c1-3-17-12-6-4-5-11(18-12)13-10(15)8-7-9(2)14(13)16/h4-8H,3H2,1-2H3,(H,17,18). The van der Waals surface area contributed by atoms with Crippen molar-refractivity contribution in [2.75, 3.05) is 11.9 Å². The summed E-state index contributed by atoms with van der Waals surface area (Å²) in [5.74, 6) is -0.550. The van der Waals surface area contributed by atoms with E-state index in [0.717, 1.165) is 0 Å². The Kier molecular flexibility index (Phi) is 3.55. The van der Waals surface area contributed by atoms with Gasteiger partial charge < -0.3 is 5.32 Å². The minimum absolute atomic E-state index is 0.0743. The molecule has 0 saturated heterocycles. The SMILES string of the molecule is CCNc1cccc(-c2c(F)ccc(C)c2F)n1. The number of rotatable bonds is 3. The van der Waals surface area contributed by atoms with Crippen LogP contribution in [-0.2, 0) is 0 Å². The Bertz CT molecular complexity index is 568. The molecule has 0 saturated carbocycles. The lowest BCUT2D eigenvalue weighted by molar-refractivity contribution is 0.583. The van der Waals surface area contributed by atoms with Gasteiger partial charge in [-0.2, -0.15) is 0 Å². The van der Waals surface area contributed by atoms with Gasteiger partial charge in [0.1, 0.15) is 17.5 Å². The summed E-state index contributed by atoms with van der Waals surface area (Å²) < 4.78 is 27.7. The van der Waals surface area contributed by atoms with E-state index in [-0.39, 0.29) is 5.56 Å². The Balaban J connectivity index is 2.55. The summed E-state index contributed by atoms with van der Waals surface area (Å²) in [6.07, 6.45) is 0. The number of aryl methyl sites for hydroxylation is 1. The van der Waals surface area contributed by atoms with E-state index in [0.29, 0.717) is 23.6 Å². The smallest absolute Gasteiger partial charge is 0.138 e. The zero-order valence-electron chi connectivity index (χ0n) is 10.3. The highest BCUT2D eigenvalue weighted by atomic mass is 19.1. The van der Waals surface area contributed by atoms with E-state index in [1.807, 2.05) is 6.92 Å². The van der Waals surface area contributed by atoms with Crippen LogP contribution in [0.15, 0.2) is 30.3 Å². The van der Waals surface area contributed by atoms with Crippen LogP contribution in [0.25, 0.3) is 11.3 Å². The average Bonchev–Trinajstić information content (AvgIpc) is 2.35. The summed E-state index contributed by atoms with van der Waals surface area (Å²) in [7, 11) is 0. The Hall–Kier alpha value is -1.97. The lowest BCUT2D eigenvalue weighted by Crippen LogP contribution is -2.01. The summed E-state index contributed by atoms with van der Waals surface area (Å²) in [6.45, 7) is 4.24. The molecule has 0 unspecified atom stereocenters. The molecule has 0 radical (unpaired) electrons. The third-order valence-corrected chi connectivity index (χ3v) is 2.65. The van der Waals surface area contributed by atoms with E-state index in [1.165, 1.54) is 12.1 Å². The number of nitrogens with zero attached hydrogens (tertiary/aromatic N) is 1. The van der Waals surface area contributed by atoms with Crippen molar-refractivity contribution < 1.29 is 8.78 Å². The van der Waals surface area contributed by atoms with Crippen molar-refractivity contribution in [3.63, 3.8) is 0 Å². The molecule has 2 rings (SSSR count). The second-order valence-electron chi connectivity index (χ2n) is 3.99. The molecule has 4 heteroatoms. The zero-order chi connectivity index (χ0) is 13.1. The van der Waals surface area contributed by atoms with Gasteiger partial charge in [0.25, 0.3) is 0 Å². The monoisotopic (exact) mass is 248 g/mol. The van der Waals surface area contributed by atoms with Gasteiger partial charge in [-0.3, -0.25) is 0 Å². The Morgan fingerprint density at radius 1 is 1.17 bits per heavy atom. The molecule has 94 valence electrons. The molecule has 1 aromatic heterocycles. The van der Waals surface area contributed by atoms with Crippen molar-refractivity contribution in [2.24, 2.45) is 0 Å². The largest absolute Gasteiger partial charge is 0.370 e. The lowest BCUT2D eigenvalue weighted by Gasteiger charge is -2.09. The van der Waals surface area contributed by atoms with Crippen LogP contribution in [0.2, 0.25) is 0 Å². The molecule has 0 fully saturated rings. The molecular formula is C14H14F2N2. The van der Waals surface area contributed by atoms with Crippen LogP contribution in [0.1, 0.15) is 12.5 Å². The first-order valence-electron chi connectivity index (χ1n) is 5.79. The predicted octanol–water partition coefficient (Wildman–Crippen LogP) is 3.77. The fourth-order valence-electron chi connectivity index (χ4n) is 1.74. The molecule has 0 bridgehead atoms. The van der Waals surface area contributed by atoms with Gasteiger partial charge in [0.05, 0.1) is 11.3 Å². The molecule has 0 aliphatic carbocycles. The normalized spacial score (nSPS) is 10.4. The van der Waals surface area contributed by atoms with E-state index in [9.17, 15) is 8.78 Å². The quantitative estimate of drug-likeness (QED) is 0.894. The highest BCUT2D eigenvalue weighted by Gasteiger charge is 2.14. The van der Waals surface area contributed by atoms with Crippen LogP contribution in [0, 0.1) is 18.6 Å². The molecule has 0 aliphatic heterocycles. The number of pyridine rings is 1. The van der Waals surface area contributed by atoms with Gasteiger partial charge in [-0.15, -0.1) is 0 Å². The van der Waals surface area contributed by atoms with Gasteiger partial charge in [0.2, 0.25) is 0 Å². The molecule has 1 N–H and O–H groups in total. The maximum atomic E-state index is 14.0. The predicted molar refractivity (Wildman–Crippen MR) is 68.5 cm³/mol. The highest BCUT2D eigenvalue weighted by molar-refractivity contribution is 5.63. The topological polar surface area (TPSA) is 24.9 Å². The summed E-state index contributed by atoms with van der Waals surface area (Å²) in [6, 6.07) is 7.76. The third-order valence-electron chi connectivity index (χ3n) is 2.65. The van der Waals surface area contributed by atoms with E-state index in [1.54, 1.807) is 25.1 Å². The van der Waals surface area contributed by atoms with Crippen molar-refractivity contribution in [1.82, 2.24) is 4.98 Å². The summed E-state index contributed by atoms with van der Waals surface area (Å²) >= 11 is 0. The highest BCUT2D eigenvalue weighted by Crippen LogP contribution is 2.27. The van der Waals surface area contributed by atoms with Crippen molar-refractivity contribution >= 4 is 5.82 Å². The third kappa shape index (κ3) is 2.32. The van der Waals surface area contributed by atoms with Gasteiger partial charge in [-0.1, -0.05) is 12.1 Å². The van der Waals surface area contributed by atoms with Crippen LogP contribution < -0.4 is 5.32 Å². The summed E-state index contributed by atoms with van der Waals surface area (Å²) in [5.41, 5.74) is 0.629. The van der Waals surface area contributed by atoms with E-state index >= 15 is 0 Å². The first-order valence-corrected chi connectivity index (χ1v) is 5.79. The second-order valence-corrected chi connectivity index (χ2v) is 3.99. The minimum Gasteiger partial charge on any atom is -0.370 e. The molecular weight excluding hydrogens is 234 g/mol. The van der Waals surface area contributed by atoms with Gasteiger partial charge in [0.15, 0.2) is 0 Å². The van der Waals surface area contributed by atoms with Crippen LogP contribution >= 0.6 is 0 Å². The Labute approximate surface area is 105 Å². The van der Waals surface area contributed by atoms with Crippen LogP contribution in [0.4, 0.5) is 14.6 Å². The van der Waals surface area contributed by atoms with Crippen molar-refractivity contribution in [3.8, 4) is 11.3 Å². The van der Waals surface area contributed by atoms with Gasteiger partial charge in [-0.05, 0) is 37.6 Å². The number of nitrogens with one attached hydrogen (secondary N) is 1. The Morgan fingerprint density at radius 3 is 2.67 bits per heavy atom. The van der Waals surface area contributed by atoms with Gasteiger partial charge in [0, 0.05) is 6.54 Å². The fraction of sp³-hybridized carbons (Fsp3) is 0.214. The van der Waals surface area contributed by atoms with Gasteiger partial charge >= 0.3 is 0 Å². The summed E-state index contributed by atoms with van der Waals surface area (Å²) in [5, 5.41) is 3.02. The van der Waals surface area contributed by atoms with E-state index < -0.39 is 11.6 Å². The van der Waals surface area contributed by atoms with E-state index in [2.05, 4.69) is 10.3 Å². The number of anilines is 1. The van der Waals surface area contributed by atoms with Crippen molar-refractivity contribution in [1.29, 1.82) is 0 Å². The molecule has 0 aliphatic rings.